The summed E-state index contributed by atoms with van der Waals surface area (Å²) in [5.41, 5.74) is 12.9. The van der Waals surface area contributed by atoms with Crippen LogP contribution in [0.1, 0.15) is 12.5 Å². The number of guanidine groups is 1. The Bertz CT molecular complexity index is 1360. The highest BCUT2D eigenvalue weighted by Gasteiger charge is 2.11. The molecule has 0 atom stereocenters. The van der Waals surface area contributed by atoms with Gasteiger partial charge in [-0.05, 0) is 78.2 Å². The van der Waals surface area contributed by atoms with Gasteiger partial charge in [-0.1, -0.05) is 18.2 Å². The number of benzene rings is 3. The highest BCUT2D eigenvalue weighted by Crippen LogP contribution is 2.33. The number of aromatic hydroxyl groups is 1. The number of primary sulfonamides is 1. The monoisotopic (exact) mass is 466 g/mol. The average molecular weight is 467 g/mol. The minimum Gasteiger partial charge on any atom is -0.508 e. The van der Waals surface area contributed by atoms with Crippen LogP contribution in [0.15, 0.2) is 82.2 Å². The van der Waals surface area contributed by atoms with Gasteiger partial charge in [0, 0.05) is 5.57 Å². The molecular formula is C23H22N4O5S. The summed E-state index contributed by atoms with van der Waals surface area (Å²) in [5, 5.41) is 15.0. The highest BCUT2D eigenvalue weighted by molar-refractivity contribution is 7.89. The molecule has 0 aliphatic carbocycles. The number of carbonyl (C=O) groups is 1. The molecule has 33 heavy (non-hydrogen) atoms. The second-order valence-corrected chi connectivity index (χ2v) is 8.65. The van der Waals surface area contributed by atoms with E-state index >= 15 is 0 Å². The van der Waals surface area contributed by atoms with Crippen LogP contribution in [0.25, 0.3) is 17.2 Å². The molecule has 10 heteroatoms. The van der Waals surface area contributed by atoms with Crippen molar-refractivity contribution in [2.75, 3.05) is 0 Å². The number of amides is 1. The Kier molecular flexibility index (Phi) is 6.80. The van der Waals surface area contributed by atoms with Gasteiger partial charge in [-0.15, -0.1) is 0 Å². The second kappa shape index (κ2) is 9.55. The largest absolute Gasteiger partial charge is 0.508 e. The first kappa shape index (κ1) is 23.5. The molecule has 3 rings (SSSR count). The number of aliphatic imine (C=N–C) groups is 1. The van der Waals surface area contributed by atoms with Gasteiger partial charge in [-0.2, -0.15) is 4.99 Å². The van der Waals surface area contributed by atoms with E-state index in [1.54, 1.807) is 55.5 Å². The summed E-state index contributed by atoms with van der Waals surface area (Å²) in [6.07, 6.45) is 1.62. The number of hydrogen-bond acceptors (Lipinski definition) is 5. The Labute approximate surface area is 190 Å². The van der Waals surface area contributed by atoms with Crippen molar-refractivity contribution >= 4 is 28.0 Å². The molecule has 0 heterocycles. The lowest BCUT2D eigenvalue weighted by atomic mass is 9.97. The van der Waals surface area contributed by atoms with Crippen molar-refractivity contribution < 1.29 is 23.1 Å². The van der Waals surface area contributed by atoms with Gasteiger partial charge >= 0.3 is 0 Å². The van der Waals surface area contributed by atoms with Crippen LogP contribution in [0.3, 0.4) is 0 Å². The van der Waals surface area contributed by atoms with Gasteiger partial charge in [-0.25, -0.2) is 13.6 Å². The summed E-state index contributed by atoms with van der Waals surface area (Å²) in [7, 11) is -3.81. The van der Waals surface area contributed by atoms with Gasteiger partial charge in [0.05, 0.1) is 4.90 Å². The molecule has 7 N–H and O–H groups in total. The van der Waals surface area contributed by atoms with E-state index in [4.69, 9.17) is 21.3 Å². The third kappa shape index (κ3) is 6.19. The predicted octanol–water partition coefficient (Wildman–Crippen LogP) is 2.70. The zero-order valence-corrected chi connectivity index (χ0v) is 18.4. The molecule has 0 bridgehead atoms. The zero-order chi connectivity index (χ0) is 24.2. The van der Waals surface area contributed by atoms with Crippen LogP contribution < -0.4 is 21.3 Å². The van der Waals surface area contributed by atoms with Crippen LogP contribution in [-0.4, -0.2) is 25.4 Å². The number of carbonyl (C=O) groups excluding carboxylic acids is 1. The fourth-order valence-corrected chi connectivity index (χ4v) is 3.50. The van der Waals surface area contributed by atoms with Crippen molar-refractivity contribution in [2.45, 2.75) is 11.8 Å². The van der Waals surface area contributed by atoms with Crippen LogP contribution in [0.2, 0.25) is 0 Å². The Hall–Kier alpha value is -4.15. The molecule has 0 saturated carbocycles. The van der Waals surface area contributed by atoms with E-state index in [1.807, 2.05) is 0 Å². The summed E-state index contributed by atoms with van der Waals surface area (Å²) in [6, 6.07) is 17.4. The molecule has 0 radical (unpaired) electrons. The fourth-order valence-electron chi connectivity index (χ4n) is 2.98. The smallest absolute Gasteiger partial charge is 0.275 e. The second-order valence-electron chi connectivity index (χ2n) is 7.09. The average Bonchev–Trinajstić information content (AvgIpc) is 2.74. The molecule has 0 aromatic heterocycles. The molecule has 0 spiro atoms. The quantitative estimate of drug-likeness (QED) is 0.246. The molecule has 3 aromatic carbocycles. The Morgan fingerprint density at radius 2 is 1.67 bits per heavy atom. The van der Waals surface area contributed by atoms with Gasteiger partial charge in [0.25, 0.3) is 5.91 Å². The van der Waals surface area contributed by atoms with E-state index in [9.17, 15) is 18.3 Å². The van der Waals surface area contributed by atoms with E-state index in [2.05, 4.69) is 4.99 Å². The van der Waals surface area contributed by atoms with E-state index in [-0.39, 0.29) is 16.6 Å². The lowest BCUT2D eigenvalue weighted by Crippen LogP contribution is -2.24. The molecule has 9 nitrogen and oxygen atoms in total. The maximum Gasteiger partial charge on any atom is 0.275 e. The van der Waals surface area contributed by atoms with Crippen molar-refractivity contribution in [3.05, 3.63) is 77.9 Å². The number of hydrogen-bond donors (Lipinski definition) is 4. The van der Waals surface area contributed by atoms with Gasteiger partial charge in [0.1, 0.15) is 17.2 Å². The Morgan fingerprint density at radius 1 is 1.00 bits per heavy atom. The van der Waals surface area contributed by atoms with Crippen molar-refractivity contribution in [3.8, 4) is 28.4 Å². The van der Waals surface area contributed by atoms with Gasteiger partial charge in [0.15, 0.2) is 5.96 Å². The first-order chi connectivity index (χ1) is 15.5. The molecular weight excluding hydrogens is 444 g/mol. The maximum absolute atomic E-state index is 12.1. The van der Waals surface area contributed by atoms with E-state index in [0.29, 0.717) is 33.8 Å². The first-order valence-corrected chi connectivity index (χ1v) is 11.1. The van der Waals surface area contributed by atoms with Crippen molar-refractivity contribution in [2.24, 2.45) is 21.6 Å². The number of phenolic OH excluding ortho intramolecular Hbond substituents is 1. The maximum atomic E-state index is 12.1. The summed E-state index contributed by atoms with van der Waals surface area (Å²) in [6.45, 7) is 1.58. The number of sulfonamides is 1. The van der Waals surface area contributed by atoms with Crippen LogP contribution in [-0.2, 0) is 14.8 Å². The molecule has 0 aliphatic rings. The van der Waals surface area contributed by atoms with Crippen molar-refractivity contribution in [1.82, 2.24) is 0 Å². The van der Waals surface area contributed by atoms with Gasteiger partial charge < -0.3 is 21.3 Å². The lowest BCUT2D eigenvalue weighted by molar-refractivity contribution is -0.114. The molecule has 0 unspecified atom stereocenters. The number of ether oxygens (including phenoxy) is 1. The third-order valence-electron chi connectivity index (χ3n) is 4.51. The normalized spacial score (nSPS) is 11.6. The molecule has 0 fully saturated rings. The molecule has 3 aromatic rings. The van der Waals surface area contributed by atoms with Crippen LogP contribution >= 0.6 is 0 Å². The van der Waals surface area contributed by atoms with Crippen LogP contribution in [0.4, 0.5) is 0 Å². The molecule has 0 saturated heterocycles. The van der Waals surface area contributed by atoms with Crippen LogP contribution in [0.5, 0.6) is 17.2 Å². The number of rotatable bonds is 6. The van der Waals surface area contributed by atoms with E-state index in [1.165, 1.54) is 24.3 Å². The van der Waals surface area contributed by atoms with Gasteiger partial charge in [0.2, 0.25) is 10.0 Å². The zero-order valence-electron chi connectivity index (χ0n) is 17.6. The summed E-state index contributed by atoms with van der Waals surface area (Å²) in [5.74, 6) is -0.000329. The fraction of sp³-hybridized carbons (Fsp3) is 0.0435. The highest BCUT2D eigenvalue weighted by atomic mass is 32.2. The lowest BCUT2D eigenvalue weighted by Gasteiger charge is -2.12. The summed E-state index contributed by atoms with van der Waals surface area (Å²) >= 11 is 0. The number of nitrogens with two attached hydrogens (primary N) is 3. The van der Waals surface area contributed by atoms with Crippen molar-refractivity contribution in [3.63, 3.8) is 0 Å². The van der Waals surface area contributed by atoms with Crippen LogP contribution in [0, 0.1) is 0 Å². The molecule has 170 valence electrons. The third-order valence-corrected chi connectivity index (χ3v) is 5.44. The SMILES string of the molecule is CC(=Cc1ccc(Oc2ccc(S(N)(=O)=O)cc2)cc1-c1cccc(O)c1)C(=O)N=C(N)N. The Balaban J connectivity index is 2.02. The molecule has 1 amide bonds. The predicted molar refractivity (Wildman–Crippen MR) is 126 cm³/mol. The number of nitrogens with zero attached hydrogens (tertiary/aromatic N) is 1. The van der Waals surface area contributed by atoms with E-state index < -0.39 is 15.9 Å². The molecule has 0 aliphatic heterocycles. The standard InChI is InChI=1S/C23H22N4O5S/c1-14(22(29)27-23(24)25)11-16-5-6-19(13-21(16)15-3-2-4-17(28)12-15)32-18-7-9-20(10-8-18)33(26,30)31/h2-13,28H,1H3,(H2,26,30,31)(H4,24,25,27,29). The van der Waals surface area contributed by atoms with Gasteiger partial charge in [-0.3, -0.25) is 4.79 Å². The number of phenols is 1. The minimum atomic E-state index is -3.81. The Morgan fingerprint density at radius 3 is 2.27 bits per heavy atom. The summed E-state index contributed by atoms with van der Waals surface area (Å²) < 4.78 is 28.7. The van der Waals surface area contributed by atoms with E-state index in [0.717, 1.165) is 0 Å². The summed E-state index contributed by atoms with van der Waals surface area (Å²) in [4.78, 5) is 15.6. The van der Waals surface area contributed by atoms with Crippen molar-refractivity contribution in [1.29, 1.82) is 0 Å². The minimum absolute atomic E-state index is 0.0308. The topological polar surface area (TPSA) is 171 Å². The first-order valence-electron chi connectivity index (χ1n) is 9.59.